The minimum absolute atomic E-state index is 0.181. The summed E-state index contributed by atoms with van der Waals surface area (Å²) in [6, 6.07) is 0. The second-order valence-electron chi connectivity index (χ2n) is 5.83. The van der Waals surface area contributed by atoms with Gasteiger partial charge >= 0.3 is 0 Å². The minimum atomic E-state index is -0.240. The largest absolute Gasteiger partial charge is 0.340 e. The van der Waals surface area contributed by atoms with Gasteiger partial charge in [0.1, 0.15) is 0 Å². The Morgan fingerprint density at radius 3 is 2.30 bits per heavy atom. The predicted molar refractivity (Wildman–Crippen MR) is 86.2 cm³/mol. The fourth-order valence-electron chi connectivity index (χ4n) is 2.82. The van der Waals surface area contributed by atoms with Crippen LogP contribution < -0.4 is 0 Å². The molecule has 0 spiro atoms. The number of piperazine rings is 1. The van der Waals surface area contributed by atoms with Gasteiger partial charge in [0.25, 0.3) is 11.8 Å². The molecule has 0 aromatic carbocycles. The summed E-state index contributed by atoms with van der Waals surface area (Å²) in [5.74, 6) is 2.33. The Hall–Kier alpha value is -2.13. The number of imide groups is 1. The number of amides is 3. The van der Waals surface area contributed by atoms with Crippen LogP contribution in [-0.4, -0.2) is 71.7 Å². The van der Waals surface area contributed by atoms with E-state index < -0.39 is 0 Å². The van der Waals surface area contributed by atoms with E-state index in [9.17, 15) is 14.4 Å². The van der Waals surface area contributed by atoms with E-state index in [2.05, 4.69) is 10.8 Å². The number of hydrogen-bond acceptors (Lipinski definition) is 4. The molecule has 0 radical (unpaired) electrons. The Bertz CT molecular complexity index is 510. The van der Waals surface area contributed by atoms with Crippen molar-refractivity contribution in [1.29, 1.82) is 0 Å². The highest BCUT2D eigenvalue weighted by molar-refractivity contribution is 6.12. The number of carbonyl (C=O) groups is 3. The van der Waals surface area contributed by atoms with Crippen LogP contribution >= 0.6 is 0 Å². The van der Waals surface area contributed by atoms with E-state index in [4.69, 9.17) is 6.42 Å². The monoisotopic (exact) mass is 317 g/mol. The van der Waals surface area contributed by atoms with Crippen LogP contribution in [0.15, 0.2) is 12.2 Å². The quantitative estimate of drug-likeness (QED) is 0.384. The molecule has 1 fully saturated rings. The highest BCUT2D eigenvalue weighted by Crippen LogP contribution is 2.10. The van der Waals surface area contributed by atoms with Crippen LogP contribution in [0.4, 0.5) is 0 Å². The first kappa shape index (κ1) is 17.2. The molecule has 0 aromatic heterocycles. The lowest BCUT2D eigenvalue weighted by Crippen LogP contribution is -2.48. The topological polar surface area (TPSA) is 60.9 Å². The van der Waals surface area contributed by atoms with Crippen LogP contribution in [0.5, 0.6) is 0 Å². The van der Waals surface area contributed by atoms with Crippen molar-refractivity contribution in [3.8, 4) is 12.3 Å². The molecular weight excluding hydrogens is 294 g/mol. The van der Waals surface area contributed by atoms with Gasteiger partial charge in [0.2, 0.25) is 5.91 Å². The van der Waals surface area contributed by atoms with Crippen molar-refractivity contribution in [3.05, 3.63) is 12.2 Å². The number of rotatable bonds is 7. The van der Waals surface area contributed by atoms with Crippen molar-refractivity contribution in [2.75, 3.05) is 39.3 Å². The highest BCUT2D eigenvalue weighted by Gasteiger charge is 2.22. The number of unbranched alkanes of at least 4 members (excludes halogenated alkanes) is 2. The van der Waals surface area contributed by atoms with E-state index in [-0.39, 0.29) is 17.7 Å². The molecule has 3 amide bonds. The third kappa shape index (κ3) is 4.93. The molecule has 6 heteroatoms. The lowest BCUT2D eigenvalue weighted by Gasteiger charge is -2.33. The Labute approximate surface area is 137 Å². The zero-order valence-electron chi connectivity index (χ0n) is 13.4. The standard InChI is InChI=1S/C17H23N3O3/c1-2-9-18-11-13-19(14-12-18)15(21)6-4-3-5-10-20-16(22)7-8-17(20)23/h1,7-8H,3-6,9-14H2. The van der Waals surface area contributed by atoms with Crippen LogP contribution in [0.1, 0.15) is 25.7 Å². The first-order chi connectivity index (χ1) is 11.1. The van der Waals surface area contributed by atoms with Gasteiger partial charge in [-0.05, 0) is 12.8 Å². The van der Waals surface area contributed by atoms with Gasteiger partial charge in [0, 0.05) is 51.3 Å². The molecule has 2 aliphatic rings. The van der Waals surface area contributed by atoms with E-state index >= 15 is 0 Å². The first-order valence-corrected chi connectivity index (χ1v) is 8.09. The van der Waals surface area contributed by atoms with Crippen molar-refractivity contribution in [2.24, 2.45) is 0 Å². The Balaban J connectivity index is 1.56. The molecule has 0 atom stereocenters. The van der Waals surface area contributed by atoms with Gasteiger partial charge in [-0.1, -0.05) is 12.3 Å². The molecule has 0 bridgehead atoms. The molecule has 0 aliphatic carbocycles. The molecule has 23 heavy (non-hydrogen) atoms. The van der Waals surface area contributed by atoms with Crippen LogP contribution in [0.3, 0.4) is 0 Å². The molecule has 6 nitrogen and oxygen atoms in total. The van der Waals surface area contributed by atoms with Crippen molar-refractivity contribution in [3.63, 3.8) is 0 Å². The number of carbonyl (C=O) groups excluding carboxylic acids is 3. The summed E-state index contributed by atoms with van der Waals surface area (Å²) in [5, 5.41) is 0. The van der Waals surface area contributed by atoms with E-state index in [0.717, 1.165) is 45.4 Å². The molecule has 2 heterocycles. The summed E-state index contributed by atoms with van der Waals surface area (Å²) in [7, 11) is 0. The lowest BCUT2D eigenvalue weighted by molar-refractivity contribution is -0.137. The SMILES string of the molecule is C#CCN1CCN(C(=O)CCCCCN2C(=O)C=CC2=O)CC1. The second-order valence-corrected chi connectivity index (χ2v) is 5.83. The highest BCUT2D eigenvalue weighted by atomic mass is 16.2. The van der Waals surface area contributed by atoms with Crippen LogP contribution in [-0.2, 0) is 14.4 Å². The fourth-order valence-corrected chi connectivity index (χ4v) is 2.82. The van der Waals surface area contributed by atoms with E-state index in [1.807, 2.05) is 4.90 Å². The average molecular weight is 317 g/mol. The molecule has 2 aliphatic heterocycles. The van der Waals surface area contributed by atoms with E-state index in [0.29, 0.717) is 19.5 Å². The maximum Gasteiger partial charge on any atom is 0.253 e. The fraction of sp³-hybridized carbons (Fsp3) is 0.588. The van der Waals surface area contributed by atoms with E-state index in [1.165, 1.54) is 17.1 Å². The Kier molecular flexibility index (Phi) is 6.36. The first-order valence-electron chi connectivity index (χ1n) is 8.09. The zero-order chi connectivity index (χ0) is 16.7. The average Bonchev–Trinajstić information content (AvgIpc) is 2.87. The number of hydrogen-bond donors (Lipinski definition) is 0. The third-order valence-corrected chi connectivity index (χ3v) is 4.21. The third-order valence-electron chi connectivity index (χ3n) is 4.21. The minimum Gasteiger partial charge on any atom is -0.340 e. The molecule has 124 valence electrons. The molecule has 1 saturated heterocycles. The molecule has 0 unspecified atom stereocenters. The van der Waals surface area contributed by atoms with Gasteiger partial charge in [-0.3, -0.25) is 24.2 Å². The molecule has 2 rings (SSSR count). The summed E-state index contributed by atoms with van der Waals surface area (Å²) < 4.78 is 0. The van der Waals surface area contributed by atoms with Crippen molar-refractivity contribution in [1.82, 2.24) is 14.7 Å². The van der Waals surface area contributed by atoms with Crippen LogP contribution in [0.2, 0.25) is 0 Å². The van der Waals surface area contributed by atoms with Crippen molar-refractivity contribution in [2.45, 2.75) is 25.7 Å². The number of terminal acetylenes is 1. The van der Waals surface area contributed by atoms with Crippen LogP contribution in [0.25, 0.3) is 0 Å². The van der Waals surface area contributed by atoms with Gasteiger partial charge in [-0.25, -0.2) is 0 Å². The van der Waals surface area contributed by atoms with Gasteiger partial charge in [-0.2, -0.15) is 0 Å². The zero-order valence-corrected chi connectivity index (χ0v) is 13.4. The summed E-state index contributed by atoms with van der Waals surface area (Å²) in [4.78, 5) is 40.2. The van der Waals surface area contributed by atoms with Crippen LogP contribution in [0, 0.1) is 12.3 Å². The summed E-state index contributed by atoms with van der Waals surface area (Å²) in [6.45, 7) is 4.23. The molecule has 0 saturated carbocycles. The molecular formula is C17H23N3O3. The van der Waals surface area contributed by atoms with Gasteiger partial charge in [0.05, 0.1) is 6.54 Å². The van der Waals surface area contributed by atoms with Gasteiger partial charge < -0.3 is 4.90 Å². The van der Waals surface area contributed by atoms with Gasteiger partial charge in [-0.15, -0.1) is 6.42 Å². The maximum absolute atomic E-state index is 12.1. The van der Waals surface area contributed by atoms with Crippen molar-refractivity contribution >= 4 is 17.7 Å². The predicted octanol–water partition coefficient (Wildman–Crippen LogP) is 0.249. The normalized spacial score (nSPS) is 18.6. The molecule has 0 aromatic rings. The summed E-state index contributed by atoms with van der Waals surface area (Å²) in [5.41, 5.74) is 0. The lowest BCUT2D eigenvalue weighted by atomic mass is 10.1. The molecule has 0 N–H and O–H groups in total. The second kappa shape index (κ2) is 8.49. The van der Waals surface area contributed by atoms with Gasteiger partial charge in [0.15, 0.2) is 0 Å². The van der Waals surface area contributed by atoms with Crippen molar-refractivity contribution < 1.29 is 14.4 Å². The summed E-state index contributed by atoms with van der Waals surface area (Å²) in [6.07, 6.45) is 10.8. The summed E-state index contributed by atoms with van der Waals surface area (Å²) >= 11 is 0. The number of nitrogens with zero attached hydrogens (tertiary/aromatic N) is 3. The Morgan fingerprint density at radius 2 is 1.70 bits per heavy atom. The Morgan fingerprint density at radius 1 is 1.04 bits per heavy atom. The smallest absolute Gasteiger partial charge is 0.253 e. The maximum atomic E-state index is 12.1. The van der Waals surface area contributed by atoms with E-state index in [1.54, 1.807) is 0 Å².